The number of rotatable bonds is 26. The minimum atomic E-state index is -0.679. The first-order valence-corrected chi connectivity index (χ1v) is 14.1. The molecule has 2 N–H and O–H groups in total. The summed E-state index contributed by atoms with van der Waals surface area (Å²) in [6.45, 7) is 3.10. The molecule has 32 heavy (non-hydrogen) atoms. The molecule has 0 aromatic carbocycles. The molecule has 0 bridgehead atoms. The Kier molecular flexibility index (Phi) is 25.3. The number of carbonyl (C=O) groups is 2. The van der Waals surface area contributed by atoms with Crippen LogP contribution in [0.3, 0.4) is 0 Å². The zero-order valence-corrected chi connectivity index (χ0v) is 21.4. The van der Waals surface area contributed by atoms with Crippen molar-refractivity contribution in [3.05, 3.63) is 0 Å². The normalized spacial score (nSPS) is 11.0. The number of nitrogens with one attached hydrogen (secondary N) is 1. The molecule has 0 spiro atoms. The summed E-state index contributed by atoms with van der Waals surface area (Å²) in [6.07, 6.45) is 28.7. The van der Waals surface area contributed by atoms with Gasteiger partial charge in [-0.15, -0.1) is 0 Å². The number of carboxylic acid groups (broad SMARTS) is 1. The molecule has 0 aromatic rings. The van der Waals surface area contributed by atoms with E-state index in [0.717, 1.165) is 38.6 Å². The molecule has 4 heteroatoms. The summed E-state index contributed by atoms with van der Waals surface area (Å²) < 4.78 is 0. The molecule has 0 radical (unpaired) electrons. The highest BCUT2D eigenvalue weighted by atomic mass is 16.4. The van der Waals surface area contributed by atoms with Crippen LogP contribution in [0.4, 0.5) is 0 Å². The highest BCUT2D eigenvalue weighted by Gasteiger charge is 2.01. The quantitative estimate of drug-likeness (QED) is 0.129. The van der Waals surface area contributed by atoms with Crippen LogP contribution in [0.15, 0.2) is 0 Å². The van der Waals surface area contributed by atoms with Crippen molar-refractivity contribution < 1.29 is 14.7 Å². The Bertz CT molecular complexity index is 411. The standard InChI is InChI=1S/C28H55NO3/c1-2-3-4-5-6-7-8-9-10-12-15-18-21-24-27(30)29-26-23-20-17-14-11-13-16-19-22-25-28(31)32/h2-26H2,1H3,(H,29,30)(H,31,32). The molecule has 1 amide bonds. The molecular formula is C28H55NO3. The third kappa shape index (κ3) is 27.0. The Morgan fingerprint density at radius 2 is 0.844 bits per heavy atom. The van der Waals surface area contributed by atoms with Gasteiger partial charge in [0.1, 0.15) is 0 Å². The molecule has 0 fully saturated rings. The fourth-order valence-electron chi connectivity index (χ4n) is 4.26. The molecular weight excluding hydrogens is 398 g/mol. The molecule has 0 rings (SSSR count). The Hall–Kier alpha value is -1.06. The van der Waals surface area contributed by atoms with Crippen molar-refractivity contribution in [1.82, 2.24) is 5.32 Å². The van der Waals surface area contributed by atoms with Gasteiger partial charge in [-0.1, -0.05) is 129 Å². The van der Waals surface area contributed by atoms with Crippen molar-refractivity contribution in [2.24, 2.45) is 0 Å². The largest absolute Gasteiger partial charge is 0.481 e. The first-order valence-electron chi connectivity index (χ1n) is 14.1. The summed E-state index contributed by atoms with van der Waals surface area (Å²) in [7, 11) is 0. The number of amides is 1. The highest BCUT2D eigenvalue weighted by molar-refractivity contribution is 5.75. The molecule has 190 valence electrons. The number of carbonyl (C=O) groups excluding carboxylic acids is 1. The molecule has 0 unspecified atom stereocenters. The van der Waals surface area contributed by atoms with Crippen LogP contribution in [0.2, 0.25) is 0 Å². The fourth-order valence-corrected chi connectivity index (χ4v) is 4.26. The van der Waals surface area contributed by atoms with E-state index in [1.165, 1.54) is 109 Å². The van der Waals surface area contributed by atoms with E-state index in [1.807, 2.05) is 0 Å². The van der Waals surface area contributed by atoms with Crippen LogP contribution >= 0.6 is 0 Å². The topological polar surface area (TPSA) is 66.4 Å². The second-order valence-electron chi connectivity index (χ2n) is 9.67. The van der Waals surface area contributed by atoms with Crippen LogP contribution < -0.4 is 5.32 Å². The van der Waals surface area contributed by atoms with Gasteiger partial charge in [-0.25, -0.2) is 0 Å². The predicted molar refractivity (Wildman–Crippen MR) is 137 cm³/mol. The maximum absolute atomic E-state index is 11.9. The molecule has 0 aliphatic carbocycles. The second kappa shape index (κ2) is 26.2. The summed E-state index contributed by atoms with van der Waals surface area (Å²) in [5.74, 6) is -0.448. The number of carboxylic acids is 1. The monoisotopic (exact) mass is 453 g/mol. The van der Waals surface area contributed by atoms with E-state index in [0.29, 0.717) is 12.8 Å². The first kappa shape index (κ1) is 30.9. The van der Waals surface area contributed by atoms with Gasteiger partial charge in [-0.05, 0) is 19.3 Å². The summed E-state index contributed by atoms with van der Waals surface area (Å²) in [5, 5.41) is 11.7. The van der Waals surface area contributed by atoms with Crippen molar-refractivity contribution in [3.8, 4) is 0 Å². The van der Waals surface area contributed by atoms with E-state index in [1.54, 1.807) is 0 Å². The lowest BCUT2D eigenvalue weighted by Gasteiger charge is -2.06. The minimum Gasteiger partial charge on any atom is -0.481 e. The van der Waals surface area contributed by atoms with Crippen LogP contribution in [0.25, 0.3) is 0 Å². The van der Waals surface area contributed by atoms with Gasteiger partial charge in [-0.2, -0.15) is 0 Å². The van der Waals surface area contributed by atoms with Crippen molar-refractivity contribution >= 4 is 11.9 Å². The zero-order chi connectivity index (χ0) is 23.5. The van der Waals surface area contributed by atoms with Crippen LogP contribution in [0.1, 0.15) is 161 Å². The molecule has 0 saturated carbocycles. The average molecular weight is 454 g/mol. The summed E-state index contributed by atoms with van der Waals surface area (Å²) >= 11 is 0. The third-order valence-corrected chi connectivity index (χ3v) is 6.40. The third-order valence-electron chi connectivity index (χ3n) is 6.40. The molecule has 0 aliphatic heterocycles. The second-order valence-corrected chi connectivity index (χ2v) is 9.67. The van der Waals surface area contributed by atoms with E-state index in [4.69, 9.17) is 5.11 Å². The maximum Gasteiger partial charge on any atom is 0.303 e. The zero-order valence-electron chi connectivity index (χ0n) is 21.4. The summed E-state index contributed by atoms with van der Waals surface area (Å²) in [4.78, 5) is 22.3. The minimum absolute atomic E-state index is 0.231. The Balaban J connectivity index is 3.16. The lowest BCUT2D eigenvalue weighted by molar-refractivity contribution is -0.137. The van der Waals surface area contributed by atoms with E-state index < -0.39 is 5.97 Å². The lowest BCUT2D eigenvalue weighted by atomic mass is 10.0. The number of hydrogen-bond donors (Lipinski definition) is 2. The van der Waals surface area contributed by atoms with Crippen molar-refractivity contribution in [3.63, 3.8) is 0 Å². The molecule has 0 saturated heterocycles. The van der Waals surface area contributed by atoms with Gasteiger partial charge >= 0.3 is 5.97 Å². The Labute approximate surface area is 199 Å². The number of unbranched alkanes of at least 4 members (excludes halogenated alkanes) is 20. The highest BCUT2D eigenvalue weighted by Crippen LogP contribution is 2.13. The van der Waals surface area contributed by atoms with Gasteiger partial charge in [0, 0.05) is 19.4 Å². The van der Waals surface area contributed by atoms with E-state index in [9.17, 15) is 9.59 Å². The van der Waals surface area contributed by atoms with Gasteiger partial charge < -0.3 is 10.4 Å². The molecule has 0 aromatic heterocycles. The molecule has 0 heterocycles. The van der Waals surface area contributed by atoms with E-state index >= 15 is 0 Å². The average Bonchev–Trinajstić information content (AvgIpc) is 2.77. The maximum atomic E-state index is 11.9. The number of aliphatic carboxylic acids is 1. The Morgan fingerprint density at radius 3 is 1.25 bits per heavy atom. The number of hydrogen-bond acceptors (Lipinski definition) is 2. The van der Waals surface area contributed by atoms with E-state index in [-0.39, 0.29) is 5.91 Å². The fraction of sp³-hybridized carbons (Fsp3) is 0.929. The predicted octanol–water partition coefficient (Wildman–Crippen LogP) is 8.57. The van der Waals surface area contributed by atoms with Crippen LogP contribution in [0.5, 0.6) is 0 Å². The van der Waals surface area contributed by atoms with Gasteiger partial charge in [0.25, 0.3) is 0 Å². The van der Waals surface area contributed by atoms with Crippen molar-refractivity contribution in [1.29, 1.82) is 0 Å². The van der Waals surface area contributed by atoms with Gasteiger partial charge in [0.05, 0.1) is 0 Å². The van der Waals surface area contributed by atoms with Crippen molar-refractivity contribution in [2.75, 3.05) is 6.54 Å². The van der Waals surface area contributed by atoms with Gasteiger partial charge in [-0.3, -0.25) is 9.59 Å². The Morgan fingerprint density at radius 1 is 0.500 bits per heavy atom. The smallest absolute Gasteiger partial charge is 0.303 e. The van der Waals surface area contributed by atoms with Crippen molar-refractivity contribution in [2.45, 2.75) is 161 Å². The van der Waals surface area contributed by atoms with Crippen LogP contribution in [-0.4, -0.2) is 23.5 Å². The summed E-state index contributed by atoms with van der Waals surface area (Å²) in [5.41, 5.74) is 0. The van der Waals surface area contributed by atoms with E-state index in [2.05, 4.69) is 12.2 Å². The SMILES string of the molecule is CCCCCCCCCCCCCCCC(=O)NCCCCCCCCCCCC(=O)O. The van der Waals surface area contributed by atoms with Gasteiger partial charge in [0.15, 0.2) is 0 Å². The molecule has 0 aliphatic rings. The van der Waals surface area contributed by atoms with Gasteiger partial charge in [0.2, 0.25) is 5.91 Å². The summed E-state index contributed by atoms with van der Waals surface area (Å²) in [6, 6.07) is 0. The molecule has 4 nitrogen and oxygen atoms in total. The lowest BCUT2D eigenvalue weighted by Crippen LogP contribution is -2.23. The molecule has 0 atom stereocenters. The first-order chi connectivity index (χ1) is 15.7. The van der Waals surface area contributed by atoms with Crippen LogP contribution in [-0.2, 0) is 9.59 Å². The van der Waals surface area contributed by atoms with Crippen LogP contribution in [0, 0.1) is 0 Å².